The van der Waals surface area contributed by atoms with E-state index in [1.54, 1.807) is 31.4 Å². The molecule has 0 saturated heterocycles. The van der Waals surface area contributed by atoms with Gasteiger partial charge in [0.1, 0.15) is 0 Å². The van der Waals surface area contributed by atoms with Crippen LogP contribution in [0.15, 0.2) is 35.7 Å². The molecule has 2 rings (SSSR count). The molecule has 2 aromatic rings. The summed E-state index contributed by atoms with van der Waals surface area (Å²) in [5, 5.41) is 1.79. The molecular weight excluding hydrogens is 316 g/mol. The van der Waals surface area contributed by atoms with Crippen LogP contribution >= 0.6 is 11.3 Å². The molecule has 0 aliphatic carbocycles. The van der Waals surface area contributed by atoms with Crippen LogP contribution in [-0.2, 0) is 9.47 Å². The number of rotatable bonds is 6. The average molecular weight is 332 g/mol. The van der Waals surface area contributed by atoms with Gasteiger partial charge in [-0.15, -0.1) is 11.3 Å². The molecule has 0 atom stereocenters. The maximum atomic E-state index is 12.5. The zero-order chi connectivity index (χ0) is 16.8. The first-order chi connectivity index (χ1) is 11.1. The molecule has 0 bridgehead atoms. The van der Waals surface area contributed by atoms with Gasteiger partial charge >= 0.3 is 11.9 Å². The predicted octanol–water partition coefficient (Wildman–Crippen LogP) is 3.33. The number of ketones is 1. The number of carbonyl (C=O) groups excluding carboxylic acids is 3. The van der Waals surface area contributed by atoms with Crippen molar-refractivity contribution in [1.82, 2.24) is 0 Å². The van der Waals surface area contributed by atoms with Crippen LogP contribution in [-0.4, -0.2) is 30.9 Å². The van der Waals surface area contributed by atoms with Crippen molar-refractivity contribution in [3.05, 3.63) is 57.3 Å². The van der Waals surface area contributed by atoms with Gasteiger partial charge in [0.05, 0.1) is 29.2 Å². The van der Waals surface area contributed by atoms with Crippen LogP contribution in [0, 0.1) is 0 Å². The Morgan fingerprint density at radius 1 is 0.913 bits per heavy atom. The van der Waals surface area contributed by atoms with E-state index in [1.165, 1.54) is 29.5 Å². The highest BCUT2D eigenvalue weighted by molar-refractivity contribution is 7.12. The molecule has 1 aromatic carbocycles. The first kappa shape index (κ1) is 16.9. The lowest BCUT2D eigenvalue weighted by Gasteiger charge is -2.08. The van der Waals surface area contributed by atoms with Crippen molar-refractivity contribution in [3.8, 4) is 0 Å². The van der Waals surface area contributed by atoms with Crippen LogP contribution in [0.4, 0.5) is 0 Å². The van der Waals surface area contributed by atoms with Crippen molar-refractivity contribution in [2.75, 3.05) is 13.2 Å². The van der Waals surface area contributed by atoms with E-state index in [0.717, 1.165) is 0 Å². The van der Waals surface area contributed by atoms with Gasteiger partial charge in [0, 0.05) is 5.56 Å². The quantitative estimate of drug-likeness (QED) is 0.599. The van der Waals surface area contributed by atoms with E-state index in [4.69, 9.17) is 9.47 Å². The predicted molar refractivity (Wildman–Crippen MR) is 86.1 cm³/mol. The topological polar surface area (TPSA) is 69.7 Å². The van der Waals surface area contributed by atoms with E-state index in [2.05, 4.69) is 0 Å². The number of carbonyl (C=O) groups is 3. The standard InChI is InChI=1S/C17H16O5S/c1-3-21-16(19)12-8-11(15(18)14-6-5-7-23-14)9-13(10-12)17(20)22-4-2/h5-10H,3-4H2,1-2H3. The van der Waals surface area contributed by atoms with E-state index in [-0.39, 0.29) is 35.7 Å². The average Bonchev–Trinajstić information content (AvgIpc) is 3.08. The summed E-state index contributed by atoms with van der Waals surface area (Å²) < 4.78 is 9.90. The minimum atomic E-state index is -0.584. The molecular formula is C17H16O5S. The van der Waals surface area contributed by atoms with Crippen molar-refractivity contribution < 1.29 is 23.9 Å². The van der Waals surface area contributed by atoms with Gasteiger partial charge in [-0.1, -0.05) is 6.07 Å². The number of ether oxygens (including phenoxy) is 2. The van der Waals surface area contributed by atoms with Gasteiger partial charge in [0.2, 0.25) is 5.78 Å². The van der Waals surface area contributed by atoms with Crippen LogP contribution < -0.4 is 0 Å². The fourth-order valence-electron chi connectivity index (χ4n) is 1.97. The summed E-state index contributed by atoms with van der Waals surface area (Å²) in [6.07, 6.45) is 0. The second-order valence-electron chi connectivity index (χ2n) is 4.55. The van der Waals surface area contributed by atoms with Crippen LogP contribution in [0.5, 0.6) is 0 Å². The van der Waals surface area contributed by atoms with E-state index in [9.17, 15) is 14.4 Å². The van der Waals surface area contributed by atoms with Gasteiger partial charge in [0.15, 0.2) is 0 Å². The van der Waals surface area contributed by atoms with Gasteiger partial charge in [-0.05, 0) is 43.5 Å². The van der Waals surface area contributed by atoms with Crippen molar-refractivity contribution >= 4 is 29.1 Å². The van der Waals surface area contributed by atoms with Gasteiger partial charge in [-0.25, -0.2) is 9.59 Å². The summed E-state index contributed by atoms with van der Waals surface area (Å²) >= 11 is 1.29. The Bertz CT molecular complexity index is 682. The molecule has 0 unspecified atom stereocenters. The molecule has 120 valence electrons. The third-order valence-electron chi connectivity index (χ3n) is 2.96. The molecule has 0 spiro atoms. The number of thiophene rings is 1. The Hall–Kier alpha value is -2.47. The number of hydrogen-bond acceptors (Lipinski definition) is 6. The van der Waals surface area contributed by atoms with Crippen LogP contribution in [0.25, 0.3) is 0 Å². The minimum absolute atomic E-state index is 0.150. The number of hydrogen-bond donors (Lipinski definition) is 0. The molecule has 1 aromatic heterocycles. The Morgan fingerprint density at radius 2 is 1.43 bits per heavy atom. The van der Waals surface area contributed by atoms with Crippen molar-refractivity contribution in [1.29, 1.82) is 0 Å². The zero-order valence-electron chi connectivity index (χ0n) is 12.8. The van der Waals surface area contributed by atoms with Crippen LogP contribution in [0.1, 0.15) is 49.8 Å². The van der Waals surface area contributed by atoms with Crippen LogP contribution in [0.3, 0.4) is 0 Å². The van der Waals surface area contributed by atoms with Crippen molar-refractivity contribution in [2.24, 2.45) is 0 Å². The second-order valence-corrected chi connectivity index (χ2v) is 5.49. The SMILES string of the molecule is CCOC(=O)c1cc(C(=O)OCC)cc(C(=O)c2cccs2)c1. The molecule has 6 heteroatoms. The normalized spacial score (nSPS) is 10.2. The Balaban J connectivity index is 2.46. The van der Waals surface area contributed by atoms with E-state index < -0.39 is 11.9 Å². The molecule has 0 radical (unpaired) electrons. The van der Waals surface area contributed by atoms with Crippen molar-refractivity contribution in [3.63, 3.8) is 0 Å². The Morgan fingerprint density at radius 3 is 1.87 bits per heavy atom. The number of benzene rings is 1. The summed E-state index contributed by atoms with van der Waals surface area (Å²) in [5.74, 6) is -1.42. The summed E-state index contributed by atoms with van der Waals surface area (Å²) in [6.45, 7) is 3.78. The summed E-state index contributed by atoms with van der Waals surface area (Å²) in [5.41, 5.74) is 0.552. The molecule has 23 heavy (non-hydrogen) atoms. The number of esters is 2. The molecule has 0 saturated carbocycles. The Kier molecular flexibility index (Phi) is 5.65. The minimum Gasteiger partial charge on any atom is -0.462 e. The van der Waals surface area contributed by atoms with E-state index >= 15 is 0 Å². The summed E-state index contributed by atoms with van der Waals surface area (Å²) in [6, 6.07) is 7.69. The molecule has 0 fully saturated rings. The molecule has 5 nitrogen and oxygen atoms in total. The fourth-order valence-corrected chi connectivity index (χ4v) is 2.66. The summed E-state index contributed by atoms with van der Waals surface area (Å²) in [4.78, 5) is 36.9. The molecule has 0 N–H and O–H groups in total. The third-order valence-corrected chi connectivity index (χ3v) is 3.83. The second kappa shape index (κ2) is 7.69. The molecule has 0 aliphatic heterocycles. The first-order valence-corrected chi connectivity index (χ1v) is 8.02. The molecule has 0 aliphatic rings. The largest absolute Gasteiger partial charge is 0.462 e. The highest BCUT2D eigenvalue weighted by atomic mass is 32.1. The van der Waals surface area contributed by atoms with Gasteiger partial charge < -0.3 is 9.47 Å². The molecule has 0 amide bonds. The lowest BCUT2D eigenvalue weighted by atomic mass is 10.0. The van der Waals surface area contributed by atoms with E-state index in [1.807, 2.05) is 0 Å². The van der Waals surface area contributed by atoms with Gasteiger partial charge in [-0.3, -0.25) is 4.79 Å². The lowest BCUT2D eigenvalue weighted by Crippen LogP contribution is -2.12. The Labute approximate surface area is 137 Å². The maximum absolute atomic E-state index is 12.5. The lowest BCUT2D eigenvalue weighted by molar-refractivity contribution is 0.0525. The smallest absolute Gasteiger partial charge is 0.338 e. The van der Waals surface area contributed by atoms with Crippen LogP contribution in [0.2, 0.25) is 0 Å². The highest BCUT2D eigenvalue weighted by Gasteiger charge is 2.19. The highest BCUT2D eigenvalue weighted by Crippen LogP contribution is 2.19. The first-order valence-electron chi connectivity index (χ1n) is 7.14. The molecule has 1 heterocycles. The summed E-state index contributed by atoms with van der Waals surface area (Å²) in [7, 11) is 0. The van der Waals surface area contributed by atoms with Crippen molar-refractivity contribution in [2.45, 2.75) is 13.8 Å². The zero-order valence-corrected chi connectivity index (χ0v) is 13.6. The van der Waals surface area contributed by atoms with E-state index in [0.29, 0.717) is 4.88 Å². The van der Waals surface area contributed by atoms with Gasteiger partial charge in [0.25, 0.3) is 0 Å². The third kappa shape index (κ3) is 4.04. The fraction of sp³-hybridized carbons (Fsp3) is 0.235. The monoisotopic (exact) mass is 332 g/mol. The van der Waals surface area contributed by atoms with Gasteiger partial charge in [-0.2, -0.15) is 0 Å². The maximum Gasteiger partial charge on any atom is 0.338 e.